The molecular weight excluding hydrogens is 339 g/mol. The number of pyridine rings is 1. The van der Waals surface area contributed by atoms with Crippen LogP contribution in [0.5, 0.6) is 0 Å². The van der Waals surface area contributed by atoms with E-state index in [1.165, 1.54) is 12.3 Å². The van der Waals surface area contributed by atoms with Crippen molar-refractivity contribution in [1.29, 1.82) is 0 Å². The van der Waals surface area contributed by atoms with Gasteiger partial charge in [0.1, 0.15) is 11.4 Å². The number of aliphatic hydroxyl groups excluding tert-OH is 1. The number of piperidine rings is 1. The first kappa shape index (κ1) is 17.0. The van der Waals surface area contributed by atoms with Gasteiger partial charge in [-0.05, 0) is 38.7 Å². The number of benzene rings is 1. The number of rotatable bonds is 2. The summed E-state index contributed by atoms with van der Waals surface area (Å²) in [5, 5.41) is 19.2. The quantitative estimate of drug-likeness (QED) is 0.859. The molecule has 7 heteroatoms. The molecule has 2 N–H and O–H groups in total. The highest BCUT2D eigenvalue weighted by Crippen LogP contribution is 2.38. The van der Waals surface area contributed by atoms with Crippen LogP contribution in [0.4, 0.5) is 10.1 Å². The zero-order valence-electron chi connectivity index (χ0n) is 14.5. The van der Waals surface area contributed by atoms with Gasteiger partial charge in [-0.2, -0.15) is 0 Å². The number of aromatic carboxylic acids is 1. The second-order valence-corrected chi connectivity index (χ2v) is 7.27. The van der Waals surface area contributed by atoms with Gasteiger partial charge in [-0.3, -0.25) is 4.79 Å². The van der Waals surface area contributed by atoms with Crippen molar-refractivity contribution >= 4 is 22.6 Å². The maximum Gasteiger partial charge on any atom is 0.341 e. The molecule has 0 spiro atoms. The zero-order chi connectivity index (χ0) is 18.6. The fourth-order valence-corrected chi connectivity index (χ4v) is 4.22. The van der Waals surface area contributed by atoms with Crippen LogP contribution in [-0.2, 0) is 6.42 Å². The van der Waals surface area contributed by atoms with Crippen molar-refractivity contribution in [3.8, 4) is 0 Å². The number of carbonyl (C=O) groups is 1. The third-order valence-corrected chi connectivity index (χ3v) is 5.64. The van der Waals surface area contributed by atoms with Crippen molar-refractivity contribution in [2.75, 3.05) is 18.0 Å². The molecule has 2 aliphatic heterocycles. The Bertz CT molecular complexity index is 960. The first-order valence-electron chi connectivity index (χ1n) is 8.95. The predicted octanol–water partition coefficient (Wildman–Crippen LogP) is 2.31. The van der Waals surface area contributed by atoms with Crippen LogP contribution < -0.4 is 10.3 Å². The number of aryl methyl sites for hydroxylation is 1. The molecule has 3 heterocycles. The van der Waals surface area contributed by atoms with Crippen LogP contribution in [0.1, 0.15) is 48.1 Å². The molecule has 1 fully saturated rings. The number of aromatic nitrogens is 1. The summed E-state index contributed by atoms with van der Waals surface area (Å²) in [5.41, 5.74) is 0.932. The first-order valence-corrected chi connectivity index (χ1v) is 8.95. The van der Waals surface area contributed by atoms with Gasteiger partial charge in [-0.1, -0.05) is 0 Å². The van der Waals surface area contributed by atoms with Crippen molar-refractivity contribution in [1.82, 2.24) is 4.57 Å². The van der Waals surface area contributed by atoms with Gasteiger partial charge in [0.25, 0.3) is 0 Å². The Morgan fingerprint density at radius 3 is 2.62 bits per heavy atom. The number of nitrogens with zero attached hydrogens (tertiary/aromatic N) is 2. The lowest BCUT2D eigenvalue weighted by Gasteiger charge is -2.36. The van der Waals surface area contributed by atoms with Gasteiger partial charge in [0.2, 0.25) is 5.43 Å². The minimum atomic E-state index is -1.30. The Labute approximate surface area is 149 Å². The number of hydrogen-bond acceptors (Lipinski definition) is 4. The molecule has 0 radical (unpaired) electrons. The molecule has 0 aliphatic carbocycles. The van der Waals surface area contributed by atoms with Crippen LogP contribution in [0, 0.1) is 5.82 Å². The van der Waals surface area contributed by atoms with E-state index in [9.17, 15) is 19.8 Å². The summed E-state index contributed by atoms with van der Waals surface area (Å²) in [5.74, 6) is -1.79. The van der Waals surface area contributed by atoms with Gasteiger partial charge < -0.3 is 19.7 Å². The highest BCUT2D eigenvalue weighted by Gasteiger charge is 2.29. The molecule has 2 aromatic rings. The maximum atomic E-state index is 15.0. The first-order chi connectivity index (χ1) is 12.4. The second-order valence-electron chi connectivity index (χ2n) is 7.27. The lowest BCUT2D eigenvalue weighted by atomic mass is 9.93. The van der Waals surface area contributed by atoms with Crippen LogP contribution in [0.3, 0.4) is 0 Å². The number of aliphatic hydroxyl groups is 1. The van der Waals surface area contributed by atoms with Crippen LogP contribution in [0.15, 0.2) is 17.1 Å². The largest absolute Gasteiger partial charge is 0.477 e. The number of halogens is 1. The molecule has 26 heavy (non-hydrogen) atoms. The van der Waals surface area contributed by atoms with Crippen LogP contribution in [0.25, 0.3) is 10.9 Å². The molecule has 138 valence electrons. The summed E-state index contributed by atoms with van der Waals surface area (Å²) in [6.07, 6.45) is 3.58. The van der Waals surface area contributed by atoms with Crippen molar-refractivity contribution in [3.05, 3.63) is 39.4 Å². The number of carboxylic acid groups (broad SMARTS) is 1. The molecule has 2 aliphatic rings. The SMILES string of the molecule is C[C@H]1CCc2c(N3CCC(O)CC3)c(F)cc3c(=O)c(C(=O)O)cn1c23. The van der Waals surface area contributed by atoms with E-state index >= 15 is 4.39 Å². The van der Waals surface area contributed by atoms with E-state index < -0.39 is 17.2 Å². The summed E-state index contributed by atoms with van der Waals surface area (Å²) < 4.78 is 16.8. The van der Waals surface area contributed by atoms with Crippen molar-refractivity contribution in [2.24, 2.45) is 0 Å². The van der Waals surface area contributed by atoms with Crippen molar-refractivity contribution in [3.63, 3.8) is 0 Å². The average Bonchev–Trinajstić information content (AvgIpc) is 2.60. The highest BCUT2D eigenvalue weighted by atomic mass is 19.1. The number of anilines is 1. The minimum absolute atomic E-state index is 0.0326. The van der Waals surface area contributed by atoms with E-state index in [4.69, 9.17) is 0 Å². The van der Waals surface area contributed by atoms with E-state index in [2.05, 4.69) is 0 Å². The molecule has 1 atom stereocenters. The Kier molecular flexibility index (Phi) is 3.99. The average molecular weight is 360 g/mol. The van der Waals surface area contributed by atoms with Crippen LogP contribution >= 0.6 is 0 Å². The molecule has 4 rings (SSSR count). The van der Waals surface area contributed by atoms with Crippen molar-refractivity contribution < 1.29 is 19.4 Å². The zero-order valence-corrected chi connectivity index (χ0v) is 14.5. The third-order valence-electron chi connectivity index (χ3n) is 5.64. The second kappa shape index (κ2) is 6.09. The van der Waals surface area contributed by atoms with E-state index in [0.717, 1.165) is 12.0 Å². The van der Waals surface area contributed by atoms with Gasteiger partial charge in [0.05, 0.1) is 17.3 Å². The summed E-state index contributed by atoms with van der Waals surface area (Å²) >= 11 is 0. The summed E-state index contributed by atoms with van der Waals surface area (Å²) in [4.78, 5) is 26.0. The van der Waals surface area contributed by atoms with Crippen LogP contribution in [0.2, 0.25) is 0 Å². The Morgan fingerprint density at radius 1 is 1.27 bits per heavy atom. The number of hydrogen-bond donors (Lipinski definition) is 2. The summed E-state index contributed by atoms with van der Waals surface area (Å²) in [6, 6.07) is 1.22. The molecule has 1 saturated heterocycles. The topological polar surface area (TPSA) is 82.8 Å². The Balaban J connectivity index is 2.00. The third kappa shape index (κ3) is 2.49. The van der Waals surface area contributed by atoms with Crippen LogP contribution in [-0.4, -0.2) is 39.9 Å². The van der Waals surface area contributed by atoms with Gasteiger partial charge in [0, 0.05) is 36.3 Å². The normalized spacial score (nSPS) is 20.6. The molecule has 0 saturated carbocycles. The van der Waals surface area contributed by atoms with Gasteiger partial charge >= 0.3 is 5.97 Å². The molecule has 0 bridgehead atoms. The summed E-state index contributed by atoms with van der Waals surface area (Å²) in [6.45, 7) is 3.09. The predicted molar refractivity (Wildman–Crippen MR) is 95.6 cm³/mol. The standard InChI is InChI=1S/C19H21FN2O4/c1-10-2-3-12-16-13(18(24)14(19(25)26)9-22(10)16)8-15(20)17(12)21-6-4-11(23)5-7-21/h8-11,23H,2-7H2,1H3,(H,25,26)/t10-/m0/s1. The molecule has 0 amide bonds. The van der Waals surface area contributed by atoms with Gasteiger partial charge in [-0.25, -0.2) is 9.18 Å². The Hall–Kier alpha value is -2.41. The van der Waals surface area contributed by atoms with Gasteiger partial charge in [0.15, 0.2) is 0 Å². The minimum Gasteiger partial charge on any atom is -0.477 e. The highest BCUT2D eigenvalue weighted by molar-refractivity contribution is 5.95. The Morgan fingerprint density at radius 2 is 1.96 bits per heavy atom. The fourth-order valence-electron chi connectivity index (χ4n) is 4.22. The molecule has 6 nitrogen and oxygen atoms in total. The molecule has 0 unspecified atom stereocenters. The lowest BCUT2D eigenvalue weighted by molar-refractivity contribution is 0.0694. The van der Waals surface area contributed by atoms with Gasteiger partial charge in [-0.15, -0.1) is 0 Å². The molecule has 1 aromatic heterocycles. The van der Waals surface area contributed by atoms with Crippen molar-refractivity contribution in [2.45, 2.75) is 44.8 Å². The monoisotopic (exact) mass is 360 g/mol. The number of carboxylic acids is 1. The smallest absolute Gasteiger partial charge is 0.341 e. The fraction of sp³-hybridized carbons (Fsp3) is 0.474. The maximum absolute atomic E-state index is 15.0. The molecular formula is C19H21FN2O4. The van der Waals surface area contributed by atoms with E-state index in [-0.39, 0.29) is 23.1 Å². The molecule has 1 aromatic carbocycles. The summed E-state index contributed by atoms with van der Waals surface area (Å²) in [7, 11) is 0. The van der Waals surface area contributed by atoms with E-state index in [0.29, 0.717) is 43.6 Å². The van der Waals surface area contributed by atoms with E-state index in [1.807, 2.05) is 11.8 Å². The lowest BCUT2D eigenvalue weighted by Crippen LogP contribution is -2.37. The van der Waals surface area contributed by atoms with E-state index in [1.54, 1.807) is 4.57 Å².